The second kappa shape index (κ2) is 14.9. The lowest BCUT2D eigenvalue weighted by Gasteiger charge is -2.35. The van der Waals surface area contributed by atoms with Crippen molar-refractivity contribution in [2.24, 2.45) is 0 Å². The molecular weight excluding hydrogens is 615 g/mol. The number of rotatable bonds is 9. The van der Waals surface area contributed by atoms with E-state index in [1.807, 2.05) is 36.4 Å². The molecule has 0 amide bonds. The normalized spacial score (nSPS) is 21.0. The molecule has 44 heavy (non-hydrogen) atoms. The smallest absolute Gasteiger partial charge is 0.487 e. The van der Waals surface area contributed by atoms with Crippen LogP contribution in [0.1, 0.15) is 93.9 Å². The molecular formula is C36H56BBrN2O4. The Morgan fingerprint density at radius 3 is 1.39 bits per heavy atom. The molecule has 0 aliphatic carbocycles. The van der Waals surface area contributed by atoms with Crippen molar-refractivity contribution in [1.29, 1.82) is 0 Å². The fourth-order valence-corrected chi connectivity index (χ4v) is 6.45. The van der Waals surface area contributed by atoms with E-state index < -0.39 is 0 Å². The quantitative estimate of drug-likeness (QED) is 0.255. The maximum absolute atomic E-state index is 6.28. The first-order chi connectivity index (χ1) is 20.6. The Morgan fingerprint density at radius 1 is 0.636 bits per heavy atom. The number of halogens is 1. The Labute approximate surface area is 276 Å². The third-order valence-electron chi connectivity index (χ3n) is 9.11. The molecule has 0 N–H and O–H groups in total. The molecule has 0 atom stereocenters. The molecule has 3 fully saturated rings. The first kappa shape index (κ1) is 35.3. The van der Waals surface area contributed by atoms with E-state index in [1.54, 1.807) is 0 Å². The summed E-state index contributed by atoms with van der Waals surface area (Å²) in [6, 6.07) is 16.2. The summed E-state index contributed by atoms with van der Waals surface area (Å²) in [5, 5.41) is 0. The van der Waals surface area contributed by atoms with Gasteiger partial charge >= 0.3 is 7.12 Å². The predicted molar refractivity (Wildman–Crippen MR) is 186 cm³/mol. The van der Waals surface area contributed by atoms with E-state index >= 15 is 0 Å². The number of hydrogen-bond donors (Lipinski definition) is 0. The fraction of sp³-hybridized carbons (Fsp3) is 0.667. The van der Waals surface area contributed by atoms with E-state index in [0.717, 1.165) is 34.5 Å². The Bertz CT molecular complexity index is 1140. The van der Waals surface area contributed by atoms with Crippen LogP contribution in [0.15, 0.2) is 53.0 Å². The molecule has 3 aliphatic heterocycles. The summed E-state index contributed by atoms with van der Waals surface area (Å²) in [6.45, 7) is 23.8. The minimum absolute atomic E-state index is 0.134. The van der Waals surface area contributed by atoms with E-state index in [2.05, 4.69) is 93.3 Å². The molecule has 0 spiro atoms. The molecule has 3 aliphatic rings. The van der Waals surface area contributed by atoms with Crippen LogP contribution in [0, 0.1) is 0 Å². The van der Waals surface area contributed by atoms with Crippen LogP contribution in [0.2, 0.25) is 0 Å². The zero-order valence-electron chi connectivity index (χ0n) is 28.6. The number of nitrogens with zero attached hydrogens (tertiary/aromatic N) is 2. The maximum Gasteiger partial charge on any atom is 0.494 e. The van der Waals surface area contributed by atoms with E-state index in [4.69, 9.17) is 18.8 Å². The Balaban J connectivity index is 0.000000215. The molecule has 6 nitrogen and oxygen atoms in total. The average Bonchev–Trinajstić information content (AvgIpc) is 3.17. The highest BCUT2D eigenvalue weighted by Crippen LogP contribution is 2.36. The Kier molecular flexibility index (Phi) is 11.9. The summed E-state index contributed by atoms with van der Waals surface area (Å²) in [5.74, 6) is 1.84. The number of ether oxygens (including phenoxy) is 2. The van der Waals surface area contributed by atoms with Crippen molar-refractivity contribution in [1.82, 2.24) is 9.80 Å². The third-order valence-corrected chi connectivity index (χ3v) is 9.64. The van der Waals surface area contributed by atoms with E-state index in [0.29, 0.717) is 0 Å². The van der Waals surface area contributed by atoms with Gasteiger partial charge in [0.05, 0.1) is 11.2 Å². The zero-order chi connectivity index (χ0) is 32.0. The summed E-state index contributed by atoms with van der Waals surface area (Å²) in [5.41, 5.74) is 0.0609. The van der Waals surface area contributed by atoms with Crippen molar-refractivity contribution in [2.45, 2.75) is 116 Å². The Morgan fingerprint density at radius 2 is 1.00 bits per heavy atom. The van der Waals surface area contributed by atoms with Crippen molar-refractivity contribution in [3.8, 4) is 11.5 Å². The van der Waals surface area contributed by atoms with Crippen LogP contribution in [0.25, 0.3) is 0 Å². The lowest BCUT2D eigenvalue weighted by molar-refractivity contribution is 0.00578. The molecule has 0 saturated carbocycles. The third kappa shape index (κ3) is 10.5. The summed E-state index contributed by atoms with van der Waals surface area (Å²) < 4.78 is 25.7. The van der Waals surface area contributed by atoms with Crippen LogP contribution in [-0.2, 0) is 9.31 Å². The van der Waals surface area contributed by atoms with Crippen molar-refractivity contribution in [3.05, 3.63) is 53.0 Å². The number of piperidine rings is 2. The van der Waals surface area contributed by atoms with Crippen LogP contribution in [0.3, 0.4) is 0 Å². The van der Waals surface area contributed by atoms with Gasteiger partial charge in [0.25, 0.3) is 0 Å². The van der Waals surface area contributed by atoms with E-state index in [1.165, 1.54) is 64.7 Å². The monoisotopic (exact) mass is 670 g/mol. The highest BCUT2D eigenvalue weighted by Gasteiger charge is 2.51. The van der Waals surface area contributed by atoms with Crippen LogP contribution >= 0.6 is 15.9 Å². The van der Waals surface area contributed by atoms with Crippen LogP contribution < -0.4 is 14.9 Å². The van der Waals surface area contributed by atoms with Crippen LogP contribution in [0.5, 0.6) is 11.5 Å². The number of hydrogen-bond acceptors (Lipinski definition) is 6. The zero-order valence-corrected chi connectivity index (χ0v) is 30.2. The number of benzene rings is 2. The van der Waals surface area contributed by atoms with Gasteiger partial charge in [0.1, 0.15) is 22.7 Å². The molecule has 2 aromatic carbocycles. The molecule has 2 aromatic rings. The van der Waals surface area contributed by atoms with Gasteiger partial charge < -0.3 is 18.8 Å². The second-order valence-electron chi connectivity index (χ2n) is 15.0. The molecule has 0 radical (unpaired) electrons. The minimum Gasteiger partial charge on any atom is -0.487 e. The summed E-state index contributed by atoms with van der Waals surface area (Å²) in [6.07, 6.45) is 8.00. The Hall–Kier alpha value is -1.58. The van der Waals surface area contributed by atoms with Gasteiger partial charge in [-0.25, -0.2) is 0 Å². The van der Waals surface area contributed by atoms with Gasteiger partial charge in [-0.3, -0.25) is 9.80 Å². The molecule has 0 aromatic heterocycles. The first-order valence-electron chi connectivity index (χ1n) is 16.7. The molecule has 8 heteroatoms. The average molecular weight is 672 g/mol. The van der Waals surface area contributed by atoms with Gasteiger partial charge in [-0.05, 0) is 149 Å². The molecule has 3 saturated heterocycles. The van der Waals surface area contributed by atoms with Gasteiger partial charge in [-0.2, -0.15) is 0 Å². The van der Waals surface area contributed by atoms with Gasteiger partial charge in [-0.15, -0.1) is 0 Å². The highest BCUT2D eigenvalue weighted by atomic mass is 79.9. The largest absolute Gasteiger partial charge is 0.494 e. The summed E-state index contributed by atoms with van der Waals surface area (Å²) in [4.78, 5) is 5.03. The lowest BCUT2D eigenvalue weighted by atomic mass is 9.79. The van der Waals surface area contributed by atoms with Gasteiger partial charge in [0, 0.05) is 17.6 Å². The van der Waals surface area contributed by atoms with Crippen molar-refractivity contribution >= 4 is 28.5 Å². The van der Waals surface area contributed by atoms with Crippen molar-refractivity contribution < 1.29 is 18.8 Å². The van der Waals surface area contributed by atoms with Gasteiger partial charge in [-0.1, -0.05) is 40.9 Å². The predicted octanol–water partition coefficient (Wildman–Crippen LogP) is 7.72. The van der Waals surface area contributed by atoms with E-state index in [9.17, 15) is 0 Å². The molecule has 0 unspecified atom stereocenters. The maximum atomic E-state index is 6.28. The lowest BCUT2D eigenvalue weighted by Crippen LogP contribution is -2.44. The van der Waals surface area contributed by atoms with Crippen molar-refractivity contribution in [3.63, 3.8) is 0 Å². The van der Waals surface area contributed by atoms with Gasteiger partial charge in [0.15, 0.2) is 0 Å². The second-order valence-corrected chi connectivity index (χ2v) is 15.9. The molecule has 244 valence electrons. The standard InChI is InChI=1S/C21H34BNO3.C15H22BrNO/c1-19(2,16-23-14-8-7-9-15-23)24-18-12-10-17(11-13-18)22-25-20(3,4)21(5,6)26-22;1-15(2,12-17-10-4-3-5-11-17)18-14-8-6-13(16)7-9-14/h10-13H,7-9,14-16H2,1-6H3;6-9H,3-5,10-12H2,1-2H3. The first-order valence-corrected chi connectivity index (χ1v) is 17.5. The fourth-order valence-electron chi connectivity index (χ4n) is 6.19. The summed E-state index contributed by atoms with van der Waals surface area (Å²) in [7, 11) is -0.324. The SMILES string of the molecule is CC(C)(CN1CCCCC1)Oc1ccc(B2OC(C)(C)C(C)(C)O2)cc1.CC(C)(CN1CCCCC1)Oc1ccc(Br)cc1. The van der Waals surface area contributed by atoms with Crippen LogP contribution in [0.4, 0.5) is 0 Å². The van der Waals surface area contributed by atoms with Gasteiger partial charge in [0.2, 0.25) is 0 Å². The molecule has 3 heterocycles. The van der Waals surface area contributed by atoms with Crippen molar-refractivity contribution in [2.75, 3.05) is 39.3 Å². The van der Waals surface area contributed by atoms with E-state index in [-0.39, 0.29) is 29.5 Å². The van der Waals surface area contributed by atoms with Crippen LogP contribution in [-0.4, -0.2) is 78.6 Å². The highest BCUT2D eigenvalue weighted by molar-refractivity contribution is 9.10. The summed E-state index contributed by atoms with van der Waals surface area (Å²) >= 11 is 3.44. The topological polar surface area (TPSA) is 43.4 Å². The molecule has 5 rings (SSSR count). The molecule has 0 bridgehead atoms. The number of likely N-dealkylation sites (tertiary alicyclic amines) is 2. The minimum atomic E-state index is -0.324.